The molecule has 0 unspecified atom stereocenters. The molecule has 8 aliphatic carbocycles. The summed E-state index contributed by atoms with van der Waals surface area (Å²) in [5.41, 5.74) is 8.65. The lowest BCUT2D eigenvalue weighted by Crippen LogP contribution is -2.50. The van der Waals surface area contributed by atoms with Crippen LogP contribution in [0.5, 0.6) is 11.5 Å². The molecule has 0 aromatic heterocycles. The molecule has 8 bridgehead atoms. The number of nitrogens with zero attached hydrogens (tertiary/aromatic N) is 1. The minimum atomic E-state index is 0.129. The van der Waals surface area contributed by atoms with Crippen molar-refractivity contribution < 1.29 is 9.47 Å². The summed E-state index contributed by atoms with van der Waals surface area (Å²) in [5.74, 6) is 6.78. The van der Waals surface area contributed by atoms with E-state index in [1.807, 2.05) is 12.1 Å². The van der Waals surface area contributed by atoms with E-state index in [2.05, 4.69) is 54.7 Å². The quantitative estimate of drug-likeness (QED) is 0.177. The highest BCUT2D eigenvalue weighted by Crippen LogP contribution is 2.65. The lowest BCUT2D eigenvalue weighted by molar-refractivity contribution is -0.00893. The monoisotopic (exact) mass is 665 g/mol. The van der Waals surface area contributed by atoms with Crippen molar-refractivity contribution in [1.29, 1.82) is 0 Å². The molecule has 0 spiro atoms. The van der Waals surface area contributed by atoms with E-state index in [4.69, 9.17) is 37.7 Å². The normalized spacial score (nSPS) is 35.2. The van der Waals surface area contributed by atoms with Gasteiger partial charge in [0.05, 0.1) is 18.3 Å². The first kappa shape index (κ1) is 30.3. The van der Waals surface area contributed by atoms with Gasteiger partial charge in [0.25, 0.3) is 0 Å². The number of benzene rings is 3. The van der Waals surface area contributed by atoms with Crippen molar-refractivity contribution >= 4 is 35.1 Å². The third kappa shape index (κ3) is 5.26. The molecule has 5 heteroatoms. The molecular formula is C42H45Cl2NO2. The van der Waals surface area contributed by atoms with Crippen molar-refractivity contribution in [3.8, 4) is 22.6 Å². The van der Waals surface area contributed by atoms with Crippen LogP contribution >= 0.6 is 23.2 Å². The minimum Gasteiger partial charge on any atom is -0.496 e. The maximum Gasteiger partial charge on any atom is 0.205 e. The van der Waals surface area contributed by atoms with Gasteiger partial charge in [-0.1, -0.05) is 54.1 Å². The lowest BCUT2D eigenvalue weighted by atomic mass is 9.46. The Morgan fingerprint density at radius 1 is 0.723 bits per heavy atom. The molecule has 3 nitrogen and oxygen atoms in total. The summed E-state index contributed by atoms with van der Waals surface area (Å²) >= 11 is 12.8. The Morgan fingerprint density at radius 2 is 1.26 bits per heavy atom. The summed E-state index contributed by atoms with van der Waals surface area (Å²) in [7, 11) is 1.73. The minimum absolute atomic E-state index is 0.129. The summed E-state index contributed by atoms with van der Waals surface area (Å²) in [5, 5.41) is 0.212. The molecule has 0 atom stereocenters. The summed E-state index contributed by atoms with van der Waals surface area (Å²) in [6, 6.07) is 21.6. The molecular weight excluding hydrogens is 621 g/mol. The maximum atomic E-state index is 6.65. The van der Waals surface area contributed by atoms with Crippen molar-refractivity contribution in [1.82, 2.24) is 0 Å². The number of para-hydroxylation sites is 2. The molecule has 0 N–H and O–H groups in total. The van der Waals surface area contributed by atoms with E-state index >= 15 is 0 Å². The molecule has 8 fully saturated rings. The van der Waals surface area contributed by atoms with Crippen molar-refractivity contribution in [2.75, 3.05) is 7.11 Å². The van der Waals surface area contributed by atoms with Crippen LogP contribution in [0.2, 0.25) is 0 Å². The topological polar surface area (TPSA) is 30.8 Å². The molecule has 8 aliphatic rings. The largest absolute Gasteiger partial charge is 0.496 e. The van der Waals surface area contributed by atoms with Gasteiger partial charge in [-0.3, -0.25) is 4.99 Å². The Kier molecular flexibility index (Phi) is 7.54. The van der Waals surface area contributed by atoms with E-state index in [1.165, 1.54) is 93.7 Å². The molecule has 244 valence electrons. The number of halogens is 2. The summed E-state index contributed by atoms with van der Waals surface area (Å²) < 4.78 is 12.4. The van der Waals surface area contributed by atoms with Crippen molar-refractivity contribution in [3.05, 3.63) is 88.1 Å². The van der Waals surface area contributed by atoms with Gasteiger partial charge in [0, 0.05) is 28.5 Å². The standard InChI is InChI=1S/C42H45Cl2NO2/c1-46-38-9-5-3-7-35(38)34-6-2-4-8-37(34)45-25-32-16-33(41-18-26-10-27(19-41)12-28(11-26)20-41)17-36(40(32)47-39(44)24-43)42-21-29-13-30(22-42)15-31(14-29)23-42/h2-9,16-17,24-31H,10-15,18-23H2,1H3/b39-24+,45-25?. The van der Waals surface area contributed by atoms with Gasteiger partial charge in [0.15, 0.2) is 0 Å². The number of rotatable bonds is 8. The number of aliphatic imine (C=N–C) groups is 1. The van der Waals surface area contributed by atoms with Gasteiger partial charge in [-0.25, -0.2) is 0 Å². The zero-order chi connectivity index (χ0) is 31.8. The van der Waals surface area contributed by atoms with Crippen molar-refractivity contribution in [2.24, 2.45) is 40.5 Å². The molecule has 0 saturated heterocycles. The molecule has 3 aromatic rings. The van der Waals surface area contributed by atoms with E-state index in [0.717, 1.165) is 69.4 Å². The van der Waals surface area contributed by atoms with E-state index in [-0.39, 0.29) is 16.0 Å². The molecule has 11 rings (SSSR count). The predicted octanol–water partition coefficient (Wildman–Crippen LogP) is 11.7. The van der Waals surface area contributed by atoms with Crippen LogP contribution in [-0.4, -0.2) is 13.3 Å². The first-order chi connectivity index (χ1) is 22.9. The molecule has 0 amide bonds. The average molecular weight is 667 g/mol. The highest BCUT2D eigenvalue weighted by molar-refractivity contribution is 6.35. The number of ether oxygens (including phenoxy) is 2. The molecule has 8 saturated carbocycles. The zero-order valence-corrected chi connectivity index (χ0v) is 28.9. The third-order valence-corrected chi connectivity index (χ3v) is 13.8. The van der Waals surface area contributed by atoms with Gasteiger partial charge in [0.1, 0.15) is 11.5 Å². The van der Waals surface area contributed by atoms with Crippen LogP contribution in [0.1, 0.15) is 93.7 Å². The second kappa shape index (κ2) is 11.7. The SMILES string of the molecule is COc1ccccc1-c1ccccc1N=Cc1cc(C23CC4CC(CC(C4)C2)C3)cc(C23CC4CC(CC(C4)C2)C3)c1O/C(Cl)=C/Cl. The second-order valence-corrected chi connectivity index (χ2v) is 16.9. The van der Waals surface area contributed by atoms with E-state index in [9.17, 15) is 0 Å². The van der Waals surface area contributed by atoms with Gasteiger partial charge in [-0.15, -0.1) is 0 Å². The van der Waals surface area contributed by atoms with E-state index in [0.29, 0.717) is 0 Å². The smallest absolute Gasteiger partial charge is 0.205 e. The number of methoxy groups -OCH3 is 1. The van der Waals surface area contributed by atoms with Crippen LogP contribution in [0.3, 0.4) is 0 Å². The van der Waals surface area contributed by atoms with Crippen LogP contribution in [0.15, 0.2) is 76.4 Å². The molecule has 0 radical (unpaired) electrons. The Balaban J connectivity index is 1.22. The Hall–Kier alpha value is -2.75. The predicted molar refractivity (Wildman–Crippen MR) is 192 cm³/mol. The number of hydrogen-bond acceptors (Lipinski definition) is 3. The highest BCUT2D eigenvalue weighted by Gasteiger charge is 2.55. The average Bonchev–Trinajstić information content (AvgIpc) is 3.06. The Morgan fingerprint density at radius 3 is 1.83 bits per heavy atom. The van der Waals surface area contributed by atoms with Crippen LogP contribution in [0, 0.1) is 35.5 Å². The maximum absolute atomic E-state index is 6.65. The van der Waals surface area contributed by atoms with Gasteiger partial charge < -0.3 is 9.47 Å². The lowest BCUT2D eigenvalue weighted by Gasteiger charge is -2.58. The van der Waals surface area contributed by atoms with Crippen LogP contribution in [-0.2, 0) is 10.8 Å². The van der Waals surface area contributed by atoms with E-state index in [1.54, 1.807) is 7.11 Å². The van der Waals surface area contributed by atoms with Crippen molar-refractivity contribution in [2.45, 2.75) is 87.9 Å². The first-order valence-electron chi connectivity index (χ1n) is 18.0. The third-order valence-electron chi connectivity index (χ3n) is 13.3. The zero-order valence-electron chi connectivity index (χ0n) is 27.4. The fourth-order valence-electron chi connectivity index (χ4n) is 12.4. The van der Waals surface area contributed by atoms with Gasteiger partial charge in [0.2, 0.25) is 5.22 Å². The summed E-state index contributed by atoms with van der Waals surface area (Å²) in [4.78, 5) is 5.24. The van der Waals surface area contributed by atoms with Crippen molar-refractivity contribution in [3.63, 3.8) is 0 Å². The summed E-state index contributed by atoms with van der Waals surface area (Å²) in [6.07, 6.45) is 18.3. The second-order valence-electron chi connectivity index (χ2n) is 16.3. The fraction of sp³-hybridized carbons (Fsp3) is 0.500. The summed E-state index contributed by atoms with van der Waals surface area (Å²) in [6.45, 7) is 0. The van der Waals surface area contributed by atoms with Crippen LogP contribution < -0.4 is 9.47 Å². The van der Waals surface area contributed by atoms with Crippen LogP contribution in [0.25, 0.3) is 11.1 Å². The number of hydrogen-bond donors (Lipinski definition) is 0. The Bertz CT molecular complexity index is 1690. The Labute approximate surface area is 289 Å². The highest BCUT2D eigenvalue weighted by atomic mass is 35.5. The molecule has 3 aromatic carbocycles. The fourth-order valence-corrected chi connectivity index (χ4v) is 12.5. The molecule has 47 heavy (non-hydrogen) atoms. The van der Waals surface area contributed by atoms with E-state index < -0.39 is 0 Å². The van der Waals surface area contributed by atoms with Gasteiger partial charge in [-0.2, -0.15) is 0 Å². The molecule has 0 aliphatic heterocycles. The van der Waals surface area contributed by atoms with Crippen LogP contribution in [0.4, 0.5) is 5.69 Å². The van der Waals surface area contributed by atoms with Gasteiger partial charge in [-0.05, 0) is 159 Å². The molecule has 0 heterocycles. The van der Waals surface area contributed by atoms with Gasteiger partial charge >= 0.3 is 0 Å². The first-order valence-corrected chi connectivity index (χ1v) is 18.8.